The fraction of sp³-hybridized carbons (Fsp3) is 0.464. The van der Waals surface area contributed by atoms with Gasteiger partial charge in [-0.15, -0.1) is 0 Å². The van der Waals surface area contributed by atoms with Crippen molar-refractivity contribution < 1.29 is 29.0 Å². The zero-order valence-corrected chi connectivity index (χ0v) is 20.3. The molecule has 6 atom stereocenters. The zero-order chi connectivity index (χ0) is 25.3. The number of aliphatic hydroxyl groups is 1. The number of fused-ring (bicyclic) bond motifs is 1. The number of hydrogen-bond acceptors (Lipinski definition) is 6. The zero-order valence-electron chi connectivity index (χ0n) is 20.3. The highest BCUT2D eigenvalue weighted by molar-refractivity contribution is 5.98. The van der Waals surface area contributed by atoms with E-state index < -0.39 is 41.6 Å². The van der Waals surface area contributed by atoms with E-state index in [1.807, 2.05) is 60.7 Å². The van der Waals surface area contributed by atoms with Crippen LogP contribution in [0.5, 0.6) is 0 Å². The number of rotatable bonds is 9. The van der Waals surface area contributed by atoms with E-state index in [2.05, 4.69) is 5.32 Å². The van der Waals surface area contributed by atoms with Crippen LogP contribution in [0.2, 0.25) is 0 Å². The summed E-state index contributed by atoms with van der Waals surface area (Å²) in [6.07, 6.45) is 0.993. The van der Waals surface area contributed by atoms with Crippen molar-refractivity contribution in [3.63, 3.8) is 0 Å². The molecule has 0 unspecified atom stereocenters. The quantitative estimate of drug-likeness (QED) is 0.518. The summed E-state index contributed by atoms with van der Waals surface area (Å²) in [5, 5.41) is 13.4. The number of nitrogens with zero attached hydrogens (tertiary/aromatic N) is 1. The third-order valence-corrected chi connectivity index (χ3v) is 7.77. The summed E-state index contributed by atoms with van der Waals surface area (Å²) in [5.74, 6) is -2.70. The number of ether oxygens (including phenoxy) is 2. The molecular weight excluding hydrogens is 460 g/mol. The average Bonchev–Trinajstić information content (AvgIpc) is 3.54. The Labute approximate surface area is 210 Å². The highest BCUT2D eigenvalue weighted by atomic mass is 16.6. The minimum Gasteiger partial charge on any atom is -0.466 e. The summed E-state index contributed by atoms with van der Waals surface area (Å²) < 4.78 is 11.7. The van der Waals surface area contributed by atoms with Gasteiger partial charge < -0.3 is 24.8 Å². The van der Waals surface area contributed by atoms with Gasteiger partial charge in [0.1, 0.15) is 11.6 Å². The van der Waals surface area contributed by atoms with E-state index in [0.717, 1.165) is 11.1 Å². The summed E-state index contributed by atoms with van der Waals surface area (Å²) in [4.78, 5) is 42.2. The Balaban J connectivity index is 1.49. The van der Waals surface area contributed by atoms with Crippen LogP contribution < -0.4 is 5.32 Å². The Kier molecular flexibility index (Phi) is 6.81. The Hall–Kier alpha value is -3.23. The van der Waals surface area contributed by atoms with E-state index in [-0.39, 0.29) is 25.0 Å². The molecule has 3 saturated heterocycles. The van der Waals surface area contributed by atoms with Crippen molar-refractivity contribution in [3.8, 4) is 0 Å². The maximum atomic E-state index is 14.0. The van der Waals surface area contributed by atoms with Crippen LogP contribution in [0, 0.1) is 11.8 Å². The van der Waals surface area contributed by atoms with Crippen molar-refractivity contribution in [1.82, 2.24) is 10.2 Å². The van der Waals surface area contributed by atoms with Gasteiger partial charge in [-0.25, -0.2) is 0 Å². The average molecular weight is 493 g/mol. The fourth-order valence-corrected chi connectivity index (χ4v) is 6.31. The number of esters is 1. The predicted octanol–water partition coefficient (Wildman–Crippen LogP) is 1.84. The van der Waals surface area contributed by atoms with Crippen LogP contribution in [-0.2, 0) is 36.8 Å². The molecule has 36 heavy (non-hydrogen) atoms. The van der Waals surface area contributed by atoms with Gasteiger partial charge in [0.05, 0.1) is 37.2 Å². The lowest BCUT2D eigenvalue weighted by atomic mass is 9.71. The molecular formula is C28H32N2O6. The second-order valence-electron chi connectivity index (χ2n) is 9.78. The van der Waals surface area contributed by atoms with Crippen LogP contribution >= 0.6 is 0 Å². The maximum Gasteiger partial charge on any atom is 0.312 e. The molecule has 1 spiro atoms. The number of nitrogens with one attached hydrogen (secondary N) is 1. The number of hydrogen-bond donors (Lipinski definition) is 2. The number of amides is 2. The second kappa shape index (κ2) is 10.0. The predicted molar refractivity (Wildman–Crippen MR) is 130 cm³/mol. The minimum absolute atomic E-state index is 0.202. The van der Waals surface area contributed by atoms with E-state index in [1.165, 1.54) is 4.90 Å². The Morgan fingerprint density at radius 3 is 2.44 bits per heavy atom. The maximum absolute atomic E-state index is 14.0. The van der Waals surface area contributed by atoms with Gasteiger partial charge >= 0.3 is 5.97 Å². The van der Waals surface area contributed by atoms with Gasteiger partial charge in [0.15, 0.2) is 0 Å². The van der Waals surface area contributed by atoms with Gasteiger partial charge in [0.2, 0.25) is 11.8 Å². The first-order chi connectivity index (χ1) is 17.5. The molecule has 3 fully saturated rings. The summed E-state index contributed by atoms with van der Waals surface area (Å²) in [7, 11) is 0. The minimum atomic E-state index is -1.12. The van der Waals surface area contributed by atoms with E-state index in [1.54, 1.807) is 6.92 Å². The first-order valence-electron chi connectivity index (χ1n) is 12.6. The molecule has 2 N–H and O–H groups in total. The van der Waals surface area contributed by atoms with Crippen LogP contribution in [0.1, 0.15) is 30.9 Å². The van der Waals surface area contributed by atoms with Gasteiger partial charge in [-0.05, 0) is 37.3 Å². The third-order valence-electron chi connectivity index (χ3n) is 7.77. The van der Waals surface area contributed by atoms with Crippen molar-refractivity contribution in [2.24, 2.45) is 11.8 Å². The molecule has 3 heterocycles. The van der Waals surface area contributed by atoms with Gasteiger partial charge in [0.25, 0.3) is 0 Å². The molecule has 5 rings (SSSR count). The number of likely N-dealkylation sites (tertiary alicyclic amines) is 1. The summed E-state index contributed by atoms with van der Waals surface area (Å²) >= 11 is 0. The molecule has 0 saturated carbocycles. The van der Waals surface area contributed by atoms with Crippen LogP contribution in [0.3, 0.4) is 0 Å². The molecule has 0 radical (unpaired) electrons. The summed E-state index contributed by atoms with van der Waals surface area (Å²) in [6.45, 7) is 1.91. The molecule has 8 heteroatoms. The number of aliphatic hydroxyl groups excluding tert-OH is 1. The van der Waals surface area contributed by atoms with E-state index in [0.29, 0.717) is 25.8 Å². The lowest BCUT2D eigenvalue weighted by Gasteiger charge is -2.36. The van der Waals surface area contributed by atoms with Gasteiger partial charge in [-0.1, -0.05) is 60.7 Å². The lowest BCUT2D eigenvalue weighted by Crippen LogP contribution is -2.58. The molecule has 3 aliphatic heterocycles. The first kappa shape index (κ1) is 24.5. The van der Waals surface area contributed by atoms with Crippen molar-refractivity contribution in [1.29, 1.82) is 0 Å². The monoisotopic (exact) mass is 492 g/mol. The molecule has 3 aliphatic rings. The number of carbonyl (C=O) groups is 3. The SMILES string of the molecule is CCOC(=O)[C@@H]1[C@H]2C(=O)N([C@@H](CO)Cc3ccccc3)[C@H](C(=O)NCc3ccccc3)[C@]23CC[C@H]1O3. The fourth-order valence-electron chi connectivity index (χ4n) is 6.31. The molecule has 2 bridgehead atoms. The Morgan fingerprint density at radius 2 is 1.81 bits per heavy atom. The first-order valence-corrected chi connectivity index (χ1v) is 12.6. The molecule has 190 valence electrons. The second-order valence-corrected chi connectivity index (χ2v) is 9.78. The van der Waals surface area contributed by atoms with E-state index >= 15 is 0 Å². The third kappa shape index (κ3) is 4.08. The summed E-state index contributed by atoms with van der Waals surface area (Å²) in [5.41, 5.74) is 0.749. The number of carbonyl (C=O) groups excluding carboxylic acids is 3. The van der Waals surface area contributed by atoms with Crippen molar-refractivity contribution in [2.75, 3.05) is 13.2 Å². The Morgan fingerprint density at radius 1 is 1.14 bits per heavy atom. The smallest absolute Gasteiger partial charge is 0.312 e. The molecule has 8 nitrogen and oxygen atoms in total. The molecule has 2 aromatic carbocycles. The van der Waals surface area contributed by atoms with Crippen molar-refractivity contribution >= 4 is 17.8 Å². The van der Waals surface area contributed by atoms with Crippen molar-refractivity contribution in [2.45, 2.75) is 56.5 Å². The highest BCUT2D eigenvalue weighted by Crippen LogP contribution is 2.59. The molecule has 2 amide bonds. The number of benzene rings is 2. The van der Waals surface area contributed by atoms with Crippen LogP contribution in [0.25, 0.3) is 0 Å². The van der Waals surface area contributed by atoms with Gasteiger partial charge in [-0.3, -0.25) is 14.4 Å². The van der Waals surface area contributed by atoms with Crippen LogP contribution in [-0.4, -0.2) is 64.8 Å². The van der Waals surface area contributed by atoms with Gasteiger partial charge in [0, 0.05) is 6.54 Å². The topological polar surface area (TPSA) is 105 Å². The lowest BCUT2D eigenvalue weighted by molar-refractivity contribution is -0.155. The molecule has 0 aromatic heterocycles. The standard InChI is InChI=1S/C28H32N2O6/c1-2-35-27(34)22-21-13-14-28(36-21)23(22)26(33)30(20(17-31)15-18-9-5-3-6-10-18)24(28)25(32)29-16-19-11-7-4-8-12-19/h3-12,20-24,31H,2,13-17H2,1H3,(H,29,32)/t20-,21-,22+,23+,24-,28+/m1/s1. The van der Waals surface area contributed by atoms with Crippen molar-refractivity contribution in [3.05, 3.63) is 71.8 Å². The Bertz CT molecular complexity index is 1110. The highest BCUT2D eigenvalue weighted by Gasteiger charge is 2.75. The largest absolute Gasteiger partial charge is 0.466 e. The molecule has 0 aliphatic carbocycles. The van der Waals surface area contributed by atoms with Gasteiger partial charge in [-0.2, -0.15) is 0 Å². The molecule has 2 aromatic rings. The van der Waals surface area contributed by atoms with Crippen LogP contribution in [0.4, 0.5) is 0 Å². The van der Waals surface area contributed by atoms with E-state index in [9.17, 15) is 19.5 Å². The normalized spacial score (nSPS) is 29.2. The summed E-state index contributed by atoms with van der Waals surface area (Å²) in [6, 6.07) is 17.5. The van der Waals surface area contributed by atoms with E-state index in [4.69, 9.17) is 9.47 Å². The van der Waals surface area contributed by atoms with Crippen LogP contribution in [0.15, 0.2) is 60.7 Å².